The van der Waals surface area contributed by atoms with E-state index in [1.54, 1.807) is 0 Å². The number of likely N-dealkylation sites (tertiary alicyclic amines) is 1. The van der Waals surface area contributed by atoms with Gasteiger partial charge < -0.3 is 10.0 Å². The molecule has 4 heteroatoms. The summed E-state index contributed by atoms with van der Waals surface area (Å²) in [4.78, 5) is 16.4. The lowest BCUT2D eigenvalue weighted by molar-refractivity contribution is -0.132. The van der Waals surface area contributed by atoms with Gasteiger partial charge in [-0.15, -0.1) is 0 Å². The standard InChI is InChI=1S/C14H28N2O2/c1-3-7-16(8-4-2)14(18)12-15-9-5-13(11-15)6-10-17/h13,17H,3-12H2,1-2H3. The summed E-state index contributed by atoms with van der Waals surface area (Å²) in [5, 5.41) is 8.93. The molecule has 0 spiro atoms. The van der Waals surface area contributed by atoms with Crippen LogP contribution in [-0.4, -0.2) is 60.1 Å². The molecule has 1 atom stereocenters. The van der Waals surface area contributed by atoms with Gasteiger partial charge in [0.15, 0.2) is 0 Å². The van der Waals surface area contributed by atoms with E-state index in [1.165, 1.54) is 0 Å². The van der Waals surface area contributed by atoms with Crippen molar-refractivity contribution in [3.8, 4) is 0 Å². The van der Waals surface area contributed by atoms with Crippen LogP contribution in [0.5, 0.6) is 0 Å². The largest absolute Gasteiger partial charge is 0.396 e. The van der Waals surface area contributed by atoms with Crippen LogP contribution in [0, 0.1) is 5.92 Å². The lowest BCUT2D eigenvalue weighted by atomic mass is 10.1. The maximum absolute atomic E-state index is 12.2. The second kappa shape index (κ2) is 8.48. The third kappa shape index (κ3) is 4.94. The molecule has 0 bridgehead atoms. The molecule has 1 fully saturated rings. The average Bonchev–Trinajstić information content (AvgIpc) is 2.77. The Labute approximate surface area is 111 Å². The summed E-state index contributed by atoms with van der Waals surface area (Å²) in [6.07, 6.45) is 4.05. The molecule has 1 aliphatic heterocycles. The van der Waals surface area contributed by atoms with E-state index in [4.69, 9.17) is 5.11 Å². The van der Waals surface area contributed by atoms with Crippen LogP contribution in [0.25, 0.3) is 0 Å². The highest BCUT2D eigenvalue weighted by Gasteiger charge is 2.24. The van der Waals surface area contributed by atoms with Gasteiger partial charge in [0.25, 0.3) is 0 Å². The summed E-state index contributed by atoms with van der Waals surface area (Å²) in [6, 6.07) is 0. The van der Waals surface area contributed by atoms with Crippen molar-refractivity contribution < 1.29 is 9.90 Å². The first-order valence-corrected chi connectivity index (χ1v) is 7.32. The van der Waals surface area contributed by atoms with Crippen molar-refractivity contribution in [3.63, 3.8) is 0 Å². The number of hydrogen-bond acceptors (Lipinski definition) is 3. The van der Waals surface area contributed by atoms with Crippen LogP contribution in [0.2, 0.25) is 0 Å². The minimum absolute atomic E-state index is 0.267. The van der Waals surface area contributed by atoms with Gasteiger partial charge in [0.05, 0.1) is 6.54 Å². The van der Waals surface area contributed by atoms with Crippen molar-refractivity contribution >= 4 is 5.91 Å². The molecule has 0 saturated carbocycles. The van der Waals surface area contributed by atoms with E-state index in [-0.39, 0.29) is 12.5 Å². The fraction of sp³-hybridized carbons (Fsp3) is 0.929. The smallest absolute Gasteiger partial charge is 0.236 e. The monoisotopic (exact) mass is 256 g/mol. The normalized spacial score (nSPS) is 20.3. The Bertz CT molecular complexity index is 240. The van der Waals surface area contributed by atoms with E-state index in [1.807, 2.05) is 4.90 Å². The zero-order valence-electron chi connectivity index (χ0n) is 11.9. The predicted molar refractivity (Wildman–Crippen MR) is 73.4 cm³/mol. The van der Waals surface area contributed by atoms with Crippen molar-refractivity contribution in [3.05, 3.63) is 0 Å². The molecular weight excluding hydrogens is 228 g/mol. The summed E-state index contributed by atoms with van der Waals surface area (Å²) < 4.78 is 0. The molecular formula is C14H28N2O2. The molecule has 0 radical (unpaired) electrons. The van der Waals surface area contributed by atoms with Gasteiger partial charge in [-0.05, 0) is 38.1 Å². The first-order chi connectivity index (χ1) is 8.71. The van der Waals surface area contributed by atoms with E-state index in [0.29, 0.717) is 12.5 Å². The summed E-state index contributed by atoms with van der Waals surface area (Å²) in [5.41, 5.74) is 0. The summed E-state index contributed by atoms with van der Waals surface area (Å²) in [6.45, 7) is 8.78. The van der Waals surface area contributed by atoms with Crippen molar-refractivity contribution in [2.45, 2.75) is 39.5 Å². The maximum Gasteiger partial charge on any atom is 0.236 e. The number of carbonyl (C=O) groups is 1. The first kappa shape index (κ1) is 15.4. The van der Waals surface area contributed by atoms with Gasteiger partial charge in [-0.2, -0.15) is 0 Å². The molecule has 1 rings (SSSR count). The molecule has 106 valence electrons. The second-order valence-corrected chi connectivity index (χ2v) is 5.28. The molecule has 4 nitrogen and oxygen atoms in total. The molecule has 1 unspecified atom stereocenters. The molecule has 0 aromatic carbocycles. The van der Waals surface area contributed by atoms with Crippen LogP contribution < -0.4 is 0 Å². The lowest BCUT2D eigenvalue weighted by Crippen LogP contribution is -2.40. The lowest BCUT2D eigenvalue weighted by Gasteiger charge is -2.24. The summed E-state index contributed by atoms with van der Waals surface area (Å²) in [5.74, 6) is 0.844. The molecule has 1 heterocycles. The topological polar surface area (TPSA) is 43.8 Å². The van der Waals surface area contributed by atoms with Gasteiger partial charge in [0, 0.05) is 26.2 Å². The highest BCUT2D eigenvalue weighted by Crippen LogP contribution is 2.18. The zero-order valence-corrected chi connectivity index (χ0v) is 11.9. The van der Waals surface area contributed by atoms with E-state index < -0.39 is 0 Å². The number of hydrogen-bond donors (Lipinski definition) is 1. The third-order valence-electron chi connectivity index (χ3n) is 3.61. The van der Waals surface area contributed by atoms with E-state index in [0.717, 1.165) is 51.9 Å². The summed E-state index contributed by atoms with van der Waals surface area (Å²) >= 11 is 0. The molecule has 18 heavy (non-hydrogen) atoms. The number of nitrogens with zero attached hydrogens (tertiary/aromatic N) is 2. The van der Waals surface area contributed by atoms with Gasteiger partial charge in [-0.3, -0.25) is 9.69 Å². The van der Waals surface area contributed by atoms with Gasteiger partial charge in [-0.1, -0.05) is 13.8 Å². The Morgan fingerprint density at radius 3 is 2.56 bits per heavy atom. The number of aliphatic hydroxyl groups excluding tert-OH is 1. The highest BCUT2D eigenvalue weighted by molar-refractivity contribution is 5.78. The first-order valence-electron chi connectivity index (χ1n) is 7.32. The predicted octanol–water partition coefficient (Wildman–Crippen LogP) is 1.34. The zero-order chi connectivity index (χ0) is 13.4. The van der Waals surface area contributed by atoms with Gasteiger partial charge in [0.1, 0.15) is 0 Å². The Balaban J connectivity index is 2.34. The minimum atomic E-state index is 0.267. The Kier molecular flexibility index (Phi) is 7.28. The van der Waals surface area contributed by atoms with Crippen LogP contribution in [0.15, 0.2) is 0 Å². The van der Waals surface area contributed by atoms with Gasteiger partial charge in [-0.25, -0.2) is 0 Å². The summed E-state index contributed by atoms with van der Waals surface area (Å²) in [7, 11) is 0. The number of amides is 1. The van der Waals surface area contributed by atoms with Crippen LogP contribution in [0.3, 0.4) is 0 Å². The van der Waals surface area contributed by atoms with Gasteiger partial charge >= 0.3 is 0 Å². The molecule has 1 aliphatic rings. The maximum atomic E-state index is 12.2. The van der Waals surface area contributed by atoms with Crippen molar-refractivity contribution in [1.29, 1.82) is 0 Å². The molecule has 1 saturated heterocycles. The van der Waals surface area contributed by atoms with Crippen LogP contribution in [0.4, 0.5) is 0 Å². The fourth-order valence-corrected chi connectivity index (χ4v) is 2.67. The Morgan fingerprint density at radius 1 is 1.33 bits per heavy atom. The quantitative estimate of drug-likeness (QED) is 0.713. The van der Waals surface area contributed by atoms with Crippen LogP contribution in [-0.2, 0) is 4.79 Å². The molecule has 1 amide bonds. The number of aliphatic hydroxyl groups is 1. The molecule has 1 N–H and O–H groups in total. The van der Waals surface area contributed by atoms with Crippen molar-refractivity contribution in [2.24, 2.45) is 5.92 Å². The molecule has 0 aromatic heterocycles. The Hall–Kier alpha value is -0.610. The van der Waals surface area contributed by atoms with Crippen molar-refractivity contribution in [1.82, 2.24) is 9.80 Å². The Morgan fingerprint density at radius 2 is 2.00 bits per heavy atom. The highest BCUT2D eigenvalue weighted by atomic mass is 16.3. The molecule has 0 aromatic rings. The second-order valence-electron chi connectivity index (χ2n) is 5.28. The van der Waals surface area contributed by atoms with Crippen LogP contribution >= 0.6 is 0 Å². The minimum Gasteiger partial charge on any atom is -0.396 e. The SMILES string of the molecule is CCCN(CCC)C(=O)CN1CCC(CCO)C1. The fourth-order valence-electron chi connectivity index (χ4n) is 2.67. The van der Waals surface area contributed by atoms with E-state index >= 15 is 0 Å². The van der Waals surface area contributed by atoms with Gasteiger partial charge in [0.2, 0.25) is 5.91 Å². The van der Waals surface area contributed by atoms with Crippen LogP contribution in [0.1, 0.15) is 39.5 Å². The van der Waals surface area contributed by atoms with E-state index in [2.05, 4.69) is 18.7 Å². The average molecular weight is 256 g/mol. The number of rotatable bonds is 8. The van der Waals surface area contributed by atoms with E-state index in [9.17, 15) is 4.79 Å². The third-order valence-corrected chi connectivity index (χ3v) is 3.61. The number of carbonyl (C=O) groups excluding carboxylic acids is 1. The molecule has 0 aliphatic carbocycles. The van der Waals surface area contributed by atoms with Crippen molar-refractivity contribution in [2.75, 3.05) is 39.3 Å².